The van der Waals surface area contributed by atoms with E-state index in [9.17, 15) is 0 Å². The molecule has 0 atom stereocenters. The molecule has 80 valence electrons. The monoisotopic (exact) mass is 200 g/mol. The lowest BCUT2D eigenvalue weighted by Crippen LogP contribution is -2.15. The minimum absolute atomic E-state index is 0.365. The van der Waals surface area contributed by atoms with Crippen molar-refractivity contribution >= 4 is 0 Å². The van der Waals surface area contributed by atoms with E-state index in [4.69, 9.17) is 20.1 Å². The van der Waals surface area contributed by atoms with Gasteiger partial charge in [-0.3, -0.25) is 0 Å². The molecule has 0 aliphatic heterocycles. The first-order valence-corrected chi connectivity index (χ1v) is 4.23. The largest absolute Gasteiger partial charge is 0.497 e. The minimum Gasteiger partial charge on any atom is -0.497 e. The van der Waals surface area contributed by atoms with Crippen molar-refractivity contribution in [2.45, 2.75) is 6.10 Å². The van der Waals surface area contributed by atoms with Crippen molar-refractivity contribution in [2.24, 2.45) is 0 Å². The zero-order chi connectivity index (χ0) is 10.8. The van der Waals surface area contributed by atoms with Crippen LogP contribution in [-0.4, -0.2) is 41.7 Å². The van der Waals surface area contributed by atoms with E-state index >= 15 is 0 Å². The Balaban J connectivity index is 0.000000255. The third-order valence-corrected chi connectivity index (χ3v) is 1.40. The maximum absolute atomic E-state index is 8.17. The van der Waals surface area contributed by atoms with Crippen molar-refractivity contribution in [3.63, 3.8) is 0 Å². The molecule has 0 spiro atoms. The smallest absolute Gasteiger partial charge is 0.118 e. The van der Waals surface area contributed by atoms with Gasteiger partial charge in [0.25, 0.3) is 0 Å². The molecule has 0 saturated heterocycles. The van der Waals surface area contributed by atoms with Crippen molar-refractivity contribution in [2.75, 3.05) is 20.3 Å². The Morgan fingerprint density at radius 1 is 1.14 bits per heavy atom. The fraction of sp³-hybridized carbons (Fsp3) is 0.400. The molecule has 0 aromatic heterocycles. The summed E-state index contributed by atoms with van der Waals surface area (Å²) in [5, 5.41) is 24.0. The van der Waals surface area contributed by atoms with Gasteiger partial charge in [0.05, 0.1) is 20.3 Å². The molecule has 0 bridgehead atoms. The van der Waals surface area contributed by atoms with Gasteiger partial charge in [0.1, 0.15) is 11.9 Å². The zero-order valence-electron chi connectivity index (χ0n) is 8.13. The number of ether oxygens (including phenoxy) is 1. The summed E-state index contributed by atoms with van der Waals surface area (Å²) in [5.74, 6) is 0.910. The molecule has 0 amide bonds. The molecule has 0 fully saturated rings. The zero-order valence-corrected chi connectivity index (χ0v) is 8.13. The summed E-state index contributed by atoms with van der Waals surface area (Å²) in [6, 6.07) is 9.68. The van der Waals surface area contributed by atoms with Crippen LogP contribution in [0.2, 0.25) is 0 Å². The molecular weight excluding hydrogens is 184 g/mol. The highest BCUT2D eigenvalue weighted by molar-refractivity contribution is 5.20. The van der Waals surface area contributed by atoms with Crippen LogP contribution in [0.4, 0.5) is 0 Å². The van der Waals surface area contributed by atoms with Crippen LogP contribution in [0.5, 0.6) is 5.75 Å². The van der Waals surface area contributed by atoms with Crippen LogP contribution >= 0.6 is 0 Å². The van der Waals surface area contributed by atoms with Gasteiger partial charge in [-0.15, -0.1) is 0 Å². The van der Waals surface area contributed by atoms with Crippen LogP contribution in [0, 0.1) is 0 Å². The Bertz CT molecular complexity index is 209. The van der Waals surface area contributed by atoms with Gasteiger partial charge in [-0.25, -0.2) is 0 Å². The molecular formula is C10H16O4. The van der Waals surface area contributed by atoms with E-state index in [1.807, 2.05) is 30.3 Å². The maximum Gasteiger partial charge on any atom is 0.118 e. The van der Waals surface area contributed by atoms with E-state index in [0.29, 0.717) is 0 Å². The molecule has 14 heavy (non-hydrogen) atoms. The first-order chi connectivity index (χ1) is 6.74. The molecule has 0 heterocycles. The van der Waals surface area contributed by atoms with E-state index in [2.05, 4.69) is 0 Å². The highest BCUT2D eigenvalue weighted by Gasteiger charge is 1.93. The van der Waals surface area contributed by atoms with Crippen molar-refractivity contribution < 1.29 is 20.1 Å². The van der Waals surface area contributed by atoms with Gasteiger partial charge in [-0.2, -0.15) is 0 Å². The van der Waals surface area contributed by atoms with Gasteiger partial charge in [0, 0.05) is 0 Å². The third-order valence-electron chi connectivity index (χ3n) is 1.40. The van der Waals surface area contributed by atoms with E-state index in [0.717, 1.165) is 5.75 Å². The predicted molar refractivity (Wildman–Crippen MR) is 53.2 cm³/mol. The molecule has 0 aliphatic rings. The second-order valence-corrected chi connectivity index (χ2v) is 2.54. The number of benzene rings is 1. The van der Waals surface area contributed by atoms with Crippen LogP contribution in [0.3, 0.4) is 0 Å². The molecule has 0 aliphatic carbocycles. The second kappa shape index (κ2) is 8.50. The highest BCUT2D eigenvalue weighted by Crippen LogP contribution is 2.05. The van der Waals surface area contributed by atoms with Crippen molar-refractivity contribution in [1.82, 2.24) is 0 Å². The fourth-order valence-corrected chi connectivity index (χ4v) is 0.614. The first kappa shape index (κ1) is 12.9. The first-order valence-electron chi connectivity index (χ1n) is 4.23. The maximum atomic E-state index is 8.17. The summed E-state index contributed by atoms with van der Waals surface area (Å²) in [7, 11) is 1.66. The lowest BCUT2D eigenvalue weighted by molar-refractivity contribution is 0.0450. The van der Waals surface area contributed by atoms with Crippen LogP contribution in [-0.2, 0) is 0 Å². The van der Waals surface area contributed by atoms with Crippen molar-refractivity contribution in [3.05, 3.63) is 30.3 Å². The number of hydrogen-bond donors (Lipinski definition) is 3. The quantitative estimate of drug-likeness (QED) is 0.643. The summed E-state index contributed by atoms with van der Waals surface area (Å²) < 4.78 is 4.91. The highest BCUT2D eigenvalue weighted by atomic mass is 16.5. The fourth-order valence-electron chi connectivity index (χ4n) is 0.614. The molecule has 1 aromatic rings. The number of para-hydroxylation sites is 1. The molecule has 0 radical (unpaired) electrons. The lowest BCUT2D eigenvalue weighted by Gasteiger charge is -1.96. The Kier molecular flexibility index (Phi) is 7.83. The average molecular weight is 200 g/mol. The molecule has 4 heteroatoms. The van der Waals surface area contributed by atoms with E-state index < -0.39 is 6.10 Å². The number of rotatable bonds is 3. The topological polar surface area (TPSA) is 69.9 Å². The summed E-state index contributed by atoms with van der Waals surface area (Å²) in [6.45, 7) is -0.729. The van der Waals surface area contributed by atoms with Crippen LogP contribution < -0.4 is 4.74 Å². The molecule has 1 rings (SSSR count). The van der Waals surface area contributed by atoms with Gasteiger partial charge in [-0.1, -0.05) is 18.2 Å². The molecule has 4 nitrogen and oxygen atoms in total. The van der Waals surface area contributed by atoms with Gasteiger partial charge >= 0.3 is 0 Å². The minimum atomic E-state index is -0.954. The van der Waals surface area contributed by atoms with Gasteiger partial charge in [0.2, 0.25) is 0 Å². The Labute approximate surface area is 83.4 Å². The van der Waals surface area contributed by atoms with Crippen LogP contribution in [0.15, 0.2) is 30.3 Å². The van der Waals surface area contributed by atoms with E-state index in [1.165, 1.54) is 0 Å². The van der Waals surface area contributed by atoms with Crippen LogP contribution in [0.1, 0.15) is 0 Å². The third kappa shape index (κ3) is 6.42. The Morgan fingerprint density at radius 2 is 1.64 bits per heavy atom. The molecule has 3 N–H and O–H groups in total. The lowest BCUT2D eigenvalue weighted by atomic mass is 10.3. The van der Waals surface area contributed by atoms with Gasteiger partial charge in [0.15, 0.2) is 0 Å². The van der Waals surface area contributed by atoms with E-state index in [-0.39, 0.29) is 13.2 Å². The number of aliphatic hydroxyl groups excluding tert-OH is 3. The molecule has 0 unspecified atom stereocenters. The second-order valence-electron chi connectivity index (χ2n) is 2.54. The summed E-state index contributed by atoms with van der Waals surface area (Å²) >= 11 is 0. The Morgan fingerprint density at radius 3 is 1.86 bits per heavy atom. The predicted octanol–water partition coefficient (Wildman–Crippen LogP) is 0.0271. The number of hydrogen-bond acceptors (Lipinski definition) is 4. The van der Waals surface area contributed by atoms with Crippen molar-refractivity contribution in [1.29, 1.82) is 0 Å². The normalized spacial score (nSPS) is 9.21. The van der Waals surface area contributed by atoms with Crippen molar-refractivity contribution in [3.8, 4) is 5.75 Å². The van der Waals surface area contributed by atoms with E-state index in [1.54, 1.807) is 7.11 Å². The van der Waals surface area contributed by atoms with Gasteiger partial charge in [-0.05, 0) is 12.1 Å². The Hall–Kier alpha value is -1.10. The number of methoxy groups -OCH3 is 1. The molecule has 1 aromatic carbocycles. The summed E-state index contributed by atoms with van der Waals surface area (Å²) in [6.07, 6.45) is -0.954. The van der Waals surface area contributed by atoms with Crippen LogP contribution in [0.25, 0.3) is 0 Å². The number of aliphatic hydroxyl groups is 3. The molecule has 0 saturated carbocycles. The summed E-state index contributed by atoms with van der Waals surface area (Å²) in [5.41, 5.74) is 0. The average Bonchev–Trinajstić information content (AvgIpc) is 2.30. The van der Waals surface area contributed by atoms with Gasteiger partial charge < -0.3 is 20.1 Å². The summed E-state index contributed by atoms with van der Waals surface area (Å²) in [4.78, 5) is 0. The standard InChI is InChI=1S/C7H8O.C3H8O3/c1-8-7-5-3-2-4-6-7;4-1-3(6)2-5/h2-6H,1H3;3-6H,1-2H2. The SMILES string of the molecule is COc1ccccc1.OCC(O)CO.